The van der Waals surface area contributed by atoms with E-state index in [9.17, 15) is 4.79 Å². The van der Waals surface area contributed by atoms with E-state index < -0.39 is 0 Å². The molecule has 1 aliphatic heterocycles. The zero-order valence-corrected chi connectivity index (χ0v) is 12.0. The Bertz CT molecular complexity index is 336. The van der Waals surface area contributed by atoms with Crippen LogP contribution in [0.3, 0.4) is 0 Å². The lowest BCUT2D eigenvalue weighted by Crippen LogP contribution is -2.11. The van der Waals surface area contributed by atoms with Crippen LogP contribution in [0.25, 0.3) is 0 Å². The Hall–Kier alpha value is -0.200. The predicted octanol–water partition coefficient (Wildman–Crippen LogP) is 3.80. The van der Waals surface area contributed by atoms with E-state index >= 15 is 0 Å². The van der Waals surface area contributed by atoms with Crippen LogP contribution in [0.15, 0.2) is 11.6 Å². The topological polar surface area (TPSA) is 42.0 Å². The minimum absolute atomic E-state index is 0.0911. The van der Waals surface area contributed by atoms with Gasteiger partial charge < -0.3 is 5.32 Å². The number of carbonyl (C=O) groups excluding carboxylic acids is 1. The van der Waals surface area contributed by atoms with E-state index in [1.807, 2.05) is 27.0 Å². The Morgan fingerprint density at radius 2 is 2.47 bits per heavy atom. The number of hydrogen-bond donors (Lipinski definition) is 1. The maximum atomic E-state index is 11.6. The van der Waals surface area contributed by atoms with Gasteiger partial charge in [-0.1, -0.05) is 28.0 Å². The first-order valence-corrected chi connectivity index (χ1v) is 9.08. The van der Waals surface area contributed by atoms with Crippen LogP contribution in [-0.2, 0) is 4.79 Å². The molecule has 0 aromatic carbocycles. The quantitative estimate of drug-likeness (QED) is 0.638. The van der Waals surface area contributed by atoms with Crippen molar-refractivity contribution >= 4 is 44.0 Å². The number of nitrogens with zero attached hydrogens (tertiary/aromatic N) is 1. The highest BCUT2D eigenvalue weighted by atomic mass is 33.1. The van der Waals surface area contributed by atoms with Gasteiger partial charge >= 0.3 is 0 Å². The van der Waals surface area contributed by atoms with Crippen LogP contribution in [0.2, 0.25) is 0 Å². The molecule has 2 heterocycles. The molecule has 0 saturated carbocycles. The number of hydrogen-bond acceptors (Lipinski definition) is 5. The Morgan fingerprint density at radius 1 is 1.53 bits per heavy atom. The lowest BCUT2D eigenvalue weighted by atomic mass is 10.1. The van der Waals surface area contributed by atoms with Crippen molar-refractivity contribution in [3.8, 4) is 0 Å². The Balaban J connectivity index is 1.54. The second kappa shape index (κ2) is 7.28. The largest absolute Gasteiger partial charge is 0.302 e. The van der Waals surface area contributed by atoms with Crippen LogP contribution < -0.4 is 5.32 Å². The third kappa shape index (κ3) is 4.89. The van der Waals surface area contributed by atoms with Crippen molar-refractivity contribution in [3.63, 3.8) is 0 Å². The molecule has 1 atom stereocenters. The normalized spacial score (nSPS) is 19.4. The van der Waals surface area contributed by atoms with E-state index in [4.69, 9.17) is 0 Å². The number of anilines is 1. The van der Waals surface area contributed by atoms with E-state index in [-0.39, 0.29) is 5.91 Å². The van der Waals surface area contributed by atoms with Crippen molar-refractivity contribution in [1.29, 1.82) is 0 Å². The molecule has 1 aliphatic rings. The maximum Gasteiger partial charge on any atom is 0.226 e. The third-order valence-corrected chi connectivity index (χ3v) is 6.28. The van der Waals surface area contributed by atoms with Gasteiger partial charge in [0, 0.05) is 29.0 Å². The van der Waals surface area contributed by atoms with Gasteiger partial charge in [0.25, 0.3) is 0 Å². The molecule has 1 fully saturated rings. The van der Waals surface area contributed by atoms with E-state index in [1.165, 1.54) is 29.9 Å². The molecule has 1 amide bonds. The fourth-order valence-electron chi connectivity index (χ4n) is 1.69. The number of rotatable bonds is 6. The molecule has 3 nitrogen and oxygen atoms in total. The Kier molecular flexibility index (Phi) is 5.67. The van der Waals surface area contributed by atoms with Gasteiger partial charge in [0.15, 0.2) is 5.13 Å². The summed E-state index contributed by atoms with van der Waals surface area (Å²) >= 11 is 1.46. The summed E-state index contributed by atoms with van der Waals surface area (Å²) in [5.41, 5.74) is 0. The number of thiazole rings is 1. The summed E-state index contributed by atoms with van der Waals surface area (Å²) in [5.74, 6) is 1.38. The van der Waals surface area contributed by atoms with E-state index in [2.05, 4.69) is 10.3 Å². The minimum atomic E-state index is 0.0911. The second-order valence-corrected chi connectivity index (χ2v) is 7.64. The first-order chi connectivity index (χ1) is 8.34. The molecule has 2 rings (SSSR count). The monoisotopic (exact) mass is 288 g/mol. The summed E-state index contributed by atoms with van der Waals surface area (Å²) in [4.78, 5) is 15.6. The number of amides is 1. The molecule has 6 heteroatoms. The van der Waals surface area contributed by atoms with E-state index in [0.717, 1.165) is 18.1 Å². The molecule has 0 bridgehead atoms. The highest BCUT2D eigenvalue weighted by Crippen LogP contribution is 2.39. The van der Waals surface area contributed by atoms with E-state index in [0.29, 0.717) is 11.6 Å². The van der Waals surface area contributed by atoms with Crippen LogP contribution in [0.4, 0.5) is 5.13 Å². The SMILES string of the molecule is O=C(CCCCC1CCSS1)Nc1nccs1. The Labute approximate surface area is 114 Å². The van der Waals surface area contributed by atoms with Crippen molar-refractivity contribution in [2.24, 2.45) is 0 Å². The van der Waals surface area contributed by atoms with Crippen LogP contribution in [0.1, 0.15) is 32.1 Å². The van der Waals surface area contributed by atoms with Crippen LogP contribution in [-0.4, -0.2) is 21.9 Å². The fourth-order valence-corrected chi connectivity index (χ4v) is 5.26. The standard InChI is InChI=1S/C11H16N2OS3/c14-10(13-11-12-6-8-15-11)4-2-1-3-9-5-7-16-17-9/h6,8-9H,1-5,7H2,(H,12,13,14). The number of carbonyl (C=O) groups is 1. The summed E-state index contributed by atoms with van der Waals surface area (Å²) in [6.45, 7) is 0. The molecule has 1 unspecified atom stereocenters. The second-order valence-electron chi connectivity index (χ2n) is 3.96. The lowest BCUT2D eigenvalue weighted by molar-refractivity contribution is -0.116. The van der Waals surface area contributed by atoms with Crippen molar-refractivity contribution in [2.75, 3.05) is 11.1 Å². The van der Waals surface area contributed by atoms with Gasteiger partial charge in [0.05, 0.1) is 0 Å². The molecule has 17 heavy (non-hydrogen) atoms. The molecule has 1 aromatic heterocycles. The maximum absolute atomic E-state index is 11.6. The third-order valence-electron chi connectivity index (χ3n) is 2.59. The summed E-state index contributed by atoms with van der Waals surface area (Å²) in [7, 11) is 3.99. The summed E-state index contributed by atoms with van der Waals surface area (Å²) in [6, 6.07) is 0. The molecule has 94 valence electrons. The average Bonchev–Trinajstić information content (AvgIpc) is 2.96. The predicted molar refractivity (Wildman–Crippen MR) is 77.7 cm³/mol. The van der Waals surface area contributed by atoms with Gasteiger partial charge in [-0.05, 0) is 19.3 Å². The lowest BCUT2D eigenvalue weighted by Gasteiger charge is -2.06. The zero-order chi connectivity index (χ0) is 11.9. The summed E-state index contributed by atoms with van der Waals surface area (Å²) in [5, 5.41) is 6.20. The van der Waals surface area contributed by atoms with Crippen LogP contribution >= 0.6 is 32.9 Å². The molecule has 0 aliphatic carbocycles. The van der Waals surface area contributed by atoms with Crippen molar-refractivity contribution in [3.05, 3.63) is 11.6 Å². The van der Waals surface area contributed by atoms with Crippen molar-refractivity contribution < 1.29 is 4.79 Å². The Morgan fingerprint density at radius 3 is 3.18 bits per heavy atom. The fraction of sp³-hybridized carbons (Fsp3) is 0.636. The highest BCUT2D eigenvalue weighted by molar-refractivity contribution is 8.77. The van der Waals surface area contributed by atoms with Crippen LogP contribution in [0.5, 0.6) is 0 Å². The first kappa shape index (κ1) is 13.2. The number of unbranched alkanes of at least 4 members (excludes halogenated alkanes) is 1. The van der Waals surface area contributed by atoms with Gasteiger partial charge in [-0.15, -0.1) is 11.3 Å². The molecule has 0 radical (unpaired) electrons. The van der Waals surface area contributed by atoms with Crippen molar-refractivity contribution in [2.45, 2.75) is 37.4 Å². The van der Waals surface area contributed by atoms with Gasteiger partial charge in [-0.3, -0.25) is 4.79 Å². The van der Waals surface area contributed by atoms with Gasteiger partial charge in [0.1, 0.15) is 0 Å². The number of nitrogens with one attached hydrogen (secondary N) is 1. The highest BCUT2D eigenvalue weighted by Gasteiger charge is 2.15. The van der Waals surface area contributed by atoms with Gasteiger partial charge in [-0.25, -0.2) is 4.98 Å². The molecule has 1 aromatic rings. The van der Waals surface area contributed by atoms with Gasteiger partial charge in [0.2, 0.25) is 5.91 Å². The van der Waals surface area contributed by atoms with E-state index in [1.54, 1.807) is 6.20 Å². The zero-order valence-electron chi connectivity index (χ0n) is 9.55. The van der Waals surface area contributed by atoms with Crippen molar-refractivity contribution in [1.82, 2.24) is 4.98 Å². The van der Waals surface area contributed by atoms with Crippen LogP contribution in [0, 0.1) is 0 Å². The molecule has 1 saturated heterocycles. The number of aromatic nitrogens is 1. The summed E-state index contributed by atoms with van der Waals surface area (Å²) < 4.78 is 0. The minimum Gasteiger partial charge on any atom is -0.302 e. The first-order valence-electron chi connectivity index (χ1n) is 5.82. The molecular weight excluding hydrogens is 272 g/mol. The summed E-state index contributed by atoms with van der Waals surface area (Å²) in [6.07, 6.45) is 7.05. The van der Waals surface area contributed by atoms with Gasteiger partial charge in [-0.2, -0.15) is 0 Å². The molecule has 1 N–H and O–H groups in total. The average molecular weight is 288 g/mol. The smallest absolute Gasteiger partial charge is 0.226 e. The molecule has 0 spiro atoms. The molecular formula is C11H16N2OS3.